The molecule has 0 aliphatic carbocycles. The van der Waals surface area contributed by atoms with Crippen LogP contribution in [0.3, 0.4) is 0 Å². The molecule has 30 heavy (non-hydrogen) atoms. The summed E-state index contributed by atoms with van der Waals surface area (Å²) in [4.78, 5) is 30.3. The Morgan fingerprint density at radius 3 is 2.43 bits per heavy atom. The number of aromatic nitrogens is 1. The highest BCUT2D eigenvalue weighted by Crippen LogP contribution is 2.39. The number of rotatable bonds is 6. The Morgan fingerprint density at radius 2 is 1.97 bits per heavy atom. The minimum Gasteiger partial charge on any atom is -0.444 e. The van der Waals surface area contributed by atoms with Crippen molar-refractivity contribution in [1.82, 2.24) is 10.3 Å². The Labute approximate surface area is 187 Å². The van der Waals surface area contributed by atoms with E-state index in [0.29, 0.717) is 12.1 Å². The average Bonchev–Trinajstić information content (AvgIpc) is 2.77. The average molecular weight is 485 g/mol. The molecular formula is C22H33BrN2O5. The van der Waals surface area contributed by atoms with Gasteiger partial charge in [-0.1, -0.05) is 29.8 Å². The zero-order valence-corrected chi connectivity index (χ0v) is 20.7. The number of alkyl carbamates (subject to hydrolysis) is 1. The molecular weight excluding hydrogens is 452 g/mol. The molecule has 1 aliphatic heterocycles. The molecule has 1 saturated heterocycles. The Balaban J connectivity index is 2.46. The van der Waals surface area contributed by atoms with Crippen LogP contribution in [0.2, 0.25) is 0 Å². The van der Waals surface area contributed by atoms with Gasteiger partial charge in [0.15, 0.2) is 5.60 Å². The summed E-state index contributed by atoms with van der Waals surface area (Å²) in [5, 5.41) is 2.88. The quantitative estimate of drug-likeness (QED) is 0.589. The third kappa shape index (κ3) is 6.17. The molecule has 1 aromatic rings. The molecule has 7 nitrogen and oxygen atoms in total. The fraction of sp³-hybridized carbons (Fsp3) is 0.682. The number of nitrogens with one attached hydrogen (secondary N) is 1. The van der Waals surface area contributed by atoms with Gasteiger partial charge in [-0.05, 0) is 51.7 Å². The molecule has 1 N–H and O–H groups in total. The standard InChI is InChI=1S/C22H33BrN2O5/c1-13(2)9-17(25-19(27)29-20(4,5)6)22(18(26)28-21(7,8)30-22)11-15-10-16(23)14(3)12-24-15/h10,12-13,17H,9,11H2,1-8H3,(H,25,27)/t17-,22+/m0/s1. The predicted molar refractivity (Wildman–Crippen MR) is 117 cm³/mol. The molecule has 0 unspecified atom stereocenters. The highest BCUT2D eigenvalue weighted by Gasteiger charge is 2.59. The molecule has 1 amide bonds. The van der Waals surface area contributed by atoms with Crippen molar-refractivity contribution in [1.29, 1.82) is 0 Å². The van der Waals surface area contributed by atoms with E-state index in [1.54, 1.807) is 40.8 Å². The number of pyridine rings is 1. The summed E-state index contributed by atoms with van der Waals surface area (Å²) in [5.74, 6) is -1.46. The van der Waals surface area contributed by atoms with Crippen LogP contribution in [0.5, 0.6) is 0 Å². The van der Waals surface area contributed by atoms with Gasteiger partial charge in [0.2, 0.25) is 5.79 Å². The zero-order valence-electron chi connectivity index (χ0n) is 19.1. The molecule has 1 fully saturated rings. The van der Waals surface area contributed by atoms with Gasteiger partial charge in [-0.15, -0.1) is 0 Å². The molecule has 0 radical (unpaired) electrons. The first-order chi connectivity index (χ1) is 13.6. The lowest BCUT2D eigenvalue weighted by Crippen LogP contribution is -2.59. The molecule has 8 heteroatoms. The number of halogens is 1. The molecule has 0 bridgehead atoms. The van der Waals surface area contributed by atoms with E-state index in [4.69, 9.17) is 14.2 Å². The number of nitrogens with zero attached hydrogens (tertiary/aromatic N) is 1. The number of esters is 1. The number of amides is 1. The van der Waals surface area contributed by atoms with Crippen LogP contribution in [-0.4, -0.2) is 40.1 Å². The van der Waals surface area contributed by atoms with E-state index < -0.39 is 35.1 Å². The molecule has 168 valence electrons. The van der Waals surface area contributed by atoms with Gasteiger partial charge in [0.05, 0.1) is 6.04 Å². The van der Waals surface area contributed by atoms with Gasteiger partial charge in [-0.2, -0.15) is 0 Å². The second-order valence-corrected chi connectivity index (χ2v) is 10.6. The summed E-state index contributed by atoms with van der Waals surface area (Å²) < 4.78 is 18.1. The van der Waals surface area contributed by atoms with Crippen molar-refractivity contribution in [2.75, 3.05) is 0 Å². The fourth-order valence-corrected chi connectivity index (χ4v) is 3.81. The monoisotopic (exact) mass is 484 g/mol. The Morgan fingerprint density at radius 1 is 1.33 bits per heavy atom. The molecule has 2 rings (SSSR count). The molecule has 2 atom stereocenters. The summed E-state index contributed by atoms with van der Waals surface area (Å²) in [7, 11) is 0. The van der Waals surface area contributed by atoms with E-state index in [1.165, 1.54) is 0 Å². The van der Waals surface area contributed by atoms with Crippen LogP contribution in [0.4, 0.5) is 4.79 Å². The van der Waals surface area contributed by atoms with Crippen LogP contribution in [0.15, 0.2) is 16.7 Å². The second kappa shape index (κ2) is 8.83. The maximum atomic E-state index is 13.2. The number of aryl methyl sites for hydroxylation is 1. The molecule has 0 spiro atoms. The van der Waals surface area contributed by atoms with E-state index in [-0.39, 0.29) is 12.3 Å². The first kappa shape index (κ1) is 24.6. The summed E-state index contributed by atoms with van der Waals surface area (Å²) in [5.41, 5.74) is -0.457. The van der Waals surface area contributed by atoms with Crippen LogP contribution in [-0.2, 0) is 25.4 Å². The normalized spacial score (nSPS) is 22.0. The third-order valence-electron chi connectivity index (χ3n) is 4.61. The van der Waals surface area contributed by atoms with Crippen LogP contribution in [0.1, 0.15) is 66.1 Å². The zero-order chi connectivity index (χ0) is 22.9. The number of hydrogen-bond donors (Lipinski definition) is 1. The van der Waals surface area contributed by atoms with Gasteiger partial charge in [-0.25, -0.2) is 9.59 Å². The van der Waals surface area contributed by atoms with Crippen LogP contribution in [0.25, 0.3) is 0 Å². The Bertz CT molecular complexity index is 803. The first-order valence-electron chi connectivity index (χ1n) is 10.2. The van der Waals surface area contributed by atoms with E-state index in [0.717, 1.165) is 10.0 Å². The van der Waals surface area contributed by atoms with Gasteiger partial charge in [-0.3, -0.25) is 4.98 Å². The lowest BCUT2D eigenvalue weighted by molar-refractivity contribution is -0.170. The van der Waals surface area contributed by atoms with Crippen molar-refractivity contribution in [3.05, 3.63) is 28.0 Å². The molecule has 2 heterocycles. The van der Waals surface area contributed by atoms with Gasteiger partial charge >= 0.3 is 12.1 Å². The predicted octanol–water partition coefficient (Wildman–Crippen LogP) is 4.68. The molecule has 1 aliphatic rings. The highest BCUT2D eigenvalue weighted by molar-refractivity contribution is 9.10. The third-order valence-corrected chi connectivity index (χ3v) is 5.47. The fourth-order valence-electron chi connectivity index (χ4n) is 3.45. The van der Waals surface area contributed by atoms with E-state index in [9.17, 15) is 9.59 Å². The summed E-state index contributed by atoms with van der Waals surface area (Å²) in [6, 6.07) is 1.20. The van der Waals surface area contributed by atoms with Crippen LogP contribution < -0.4 is 5.32 Å². The Hall–Kier alpha value is -1.67. The number of cyclic esters (lactones) is 1. The minimum atomic E-state index is -1.42. The van der Waals surface area contributed by atoms with Crippen LogP contribution >= 0.6 is 15.9 Å². The number of carbonyl (C=O) groups excluding carboxylic acids is 2. The number of hydrogen-bond acceptors (Lipinski definition) is 6. The van der Waals surface area contributed by atoms with Crippen molar-refractivity contribution in [2.24, 2.45) is 5.92 Å². The molecule has 1 aromatic heterocycles. The number of ether oxygens (including phenoxy) is 3. The van der Waals surface area contributed by atoms with Crippen molar-refractivity contribution in [2.45, 2.75) is 91.3 Å². The van der Waals surface area contributed by atoms with Gasteiger partial charge in [0.1, 0.15) is 5.60 Å². The van der Waals surface area contributed by atoms with Crippen molar-refractivity contribution in [3.8, 4) is 0 Å². The van der Waals surface area contributed by atoms with Gasteiger partial charge in [0.25, 0.3) is 0 Å². The van der Waals surface area contributed by atoms with Gasteiger partial charge < -0.3 is 19.5 Å². The molecule has 0 saturated carbocycles. The minimum absolute atomic E-state index is 0.154. The van der Waals surface area contributed by atoms with Crippen molar-refractivity contribution >= 4 is 28.0 Å². The maximum Gasteiger partial charge on any atom is 0.407 e. The van der Waals surface area contributed by atoms with Gasteiger partial charge in [0, 0.05) is 36.6 Å². The van der Waals surface area contributed by atoms with Crippen molar-refractivity contribution < 1.29 is 23.8 Å². The maximum absolute atomic E-state index is 13.2. The lowest BCUT2D eigenvalue weighted by atomic mass is 9.84. The highest BCUT2D eigenvalue weighted by atomic mass is 79.9. The Kier molecular flexibility index (Phi) is 7.24. The summed E-state index contributed by atoms with van der Waals surface area (Å²) in [6.07, 6.45) is 1.78. The topological polar surface area (TPSA) is 86.8 Å². The smallest absolute Gasteiger partial charge is 0.407 e. The van der Waals surface area contributed by atoms with Crippen LogP contribution in [0, 0.1) is 12.8 Å². The SMILES string of the molecule is Cc1cnc(C[C@]2([C@H](CC(C)C)NC(=O)OC(C)(C)C)OC(C)(C)OC2=O)cc1Br. The van der Waals surface area contributed by atoms with E-state index in [1.807, 2.05) is 26.8 Å². The van der Waals surface area contributed by atoms with Crippen molar-refractivity contribution in [3.63, 3.8) is 0 Å². The second-order valence-electron chi connectivity index (χ2n) is 9.71. The molecule has 0 aromatic carbocycles. The van der Waals surface area contributed by atoms with E-state index in [2.05, 4.69) is 26.2 Å². The number of carbonyl (C=O) groups is 2. The lowest BCUT2D eigenvalue weighted by Gasteiger charge is -2.36. The summed E-state index contributed by atoms with van der Waals surface area (Å²) >= 11 is 3.51. The summed E-state index contributed by atoms with van der Waals surface area (Å²) in [6.45, 7) is 14.7. The largest absolute Gasteiger partial charge is 0.444 e. The van der Waals surface area contributed by atoms with E-state index >= 15 is 0 Å². The first-order valence-corrected chi connectivity index (χ1v) is 11.0.